The molecule has 0 aliphatic heterocycles. The molecule has 1 heterocycles. The van der Waals surface area contributed by atoms with Crippen molar-refractivity contribution in [3.05, 3.63) is 44.7 Å². The molecule has 0 aliphatic rings. The molecule has 1 aromatic carbocycles. The number of pyridine rings is 1. The van der Waals surface area contributed by atoms with Gasteiger partial charge in [0.25, 0.3) is 5.56 Å². The summed E-state index contributed by atoms with van der Waals surface area (Å²) in [6.45, 7) is 5.91. The van der Waals surface area contributed by atoms with E-state index in [1.54, 1.807) is 11.6 Å². The molecule has 0 spiro atoms. The Morgan fingerprint density at radius 3 is 2.40 bits per heavy atom. The van der Waals surface area contributed by atoms with Gasteiger partial charge in [0.15, 0.2) is 0 Å². The standard InChI is InChI=1S/C16H19NO3/c1-9-5-6-10(2)15-14(9)11(3)12(7-8-13(18)19)16(20)17(15)4/h5-6H,7-8H2,1-4H3,(H,18,19). The van der Waals surface area contributed by atoms with Gasteiger partial charge in [0, 0.05) is 24.4 Å². The van der Waals surface area contributed by atoms with Crippen LogP contribution in [0.5, 0.6) is 0 Å². The van der Waals surface area contributed by atoms with Crippen LogP contribution in [0.3, 0.4) is 0 Å². The molecule has 0 unspecified atom stereocenters. The SMILES string of the molecule is Cc1ccc(C)c2c1c(C)c(CCC(=O)O)c(=O)n2C. The van der Waals surface area contributed by atoms with Gasteiger partial charge in [-0.25, -0.2) is 0 Å². The molecule has 0 saturated heterocycles. The fraction of sp³-hybridized carbons (Fsp3) is 0.375. The summed E-state index contributed by atoms with van der Waals surface area (Å²) in [6, 6.07) is 4.05. The van der Waals surface area contributed by atoms with Gasteiger partial charge in [0.05, 0.1) is 5.52 Å². The van der Waals surface area contributed by atoms with Gasteiger partial charge < -0.3 is 9.67 Å². The number of aromatic nitrogens is 1. The van der Waals surface area contributed by atoms with E-state index >= 15 is 0 Å². The van der Waals surface area contributed by atoms with Gasteiger partial charge in [-0.1, -0.05) is 12.1 Å². The zero-order valence-electron chi connectivity index (χ0n) is 12.3. The quantitative estimate of drug-likeness (QED) is 0.934. The summed E-state index contributed by atoms with van der Waals surface area (Å²) in [5, 5.41) is 9.89. The number of aryl methyl sites for hydroxylation is 4. The van der Waals surface area contributed by atoms with Crippen molar-refractivity contribution in [2.45, 2.75) is 33.6 Å². The molecule has 4 nitrogen and oxygen atoms in total. The smallest absolute Gasteiger partial charge is 0.303 e. The normalized spacial score (nSPS) is 11.0. The molecule has 1 aromatic heterocycles. The maximum absolute atomic E-state index is 12.4. The predicted octanol–water partition coefficient (Wildman–Crippen LogP) is 2.48. The Hall–Kier alpha value is -2.10. The van der Waals surface area contributed by atoms with Crippen molar-refractivity contribution < 1.29 is 9.90 Å². The fourth-order valence-electron chi connectivity index (χ4n) is 2.84. The molecule has 4 heteroatoms. The molecule has 0 aliphatic carbocycles. The summed E-state index contributed by atoms with van der Waals surface area (Å²) in [7, 11) is 1.75. The minimum absolute atomic E-state index is 0.0214. The highest BCUT2D eigenvalue weighted by Crippen LogP contribution is 2.26. The largest absolute Gasteiger partial charge is 0.481 e. The molecule has 20 heavy (non-hydrogen) atoms. The van der Waals surface area contributed by atoms with E-state index in [0.717, 1.165) is 27.6 Å². The number of aliphatic carboxylic acids is 1. The Balaban J connectivity index is 2.82. The molecule has 0 saturated carbocycles. The Bertz CT molecular complexity index is 757. The first kappa shape index (κ1) is 14.3. The molecule has 106 valence electrons. The van der Waals surface area contributed by atoms with Gasteiger partial charge in [-0.3, -0.25) is 9.59 Å². The number of carboxylic acid groups (broad SMARTS) is 1. The van der Waals surface area contributed by atoms with E-state index in [-0.39, 0.29) is 18.4 Å². The van der Waals surface area contributed by atoms with Crippen molar-refractivity contribution in [2.75, 3.05) is 0 Å². The van der Waals surface area contributed by atoms with Gasteiger partial charge in [0.1, 0.15) is 0 Å². The second-order valence-electron chi connectivity index (χ2n) is 5.28. The van der Waals surface area contributed by atoms with Gasteiger partial charge in [-0.2, -0.15) is 0 Å². The predicted molar refractivity (Wildman–Crippen MR) is 79.4 cm³/mol. The lowest BCUT2D eigenvalue weighted by molar-refractivity contribution is -0.136. The summed E-state index contributed by atoms with van der Waals surface area (Å²) < 4.78 is 1.64. The van der Waals surface area contributed by atoms with Crippen LogP contribution in [0.4, 0.5) is 0 Å². The first-order valence-electron chi connectivity index (χ1n) is 6.64. The van der Waals surface area contributed by atoms with Crippen LogP contribution >= 0.6 is 0 Å². The minimum Gasteiger partial charge on any atom is -0.481 e. The lowest BCUT2D eigenvalue weighted by Crippen LogP contribution is -2.24. The molecule has 1 N–H and O–H groups in total. The van der Waals surface area contributed by atoms with Crippen molar-refractivity contribution in [1.82, 2.24) is 4.57 Å². The zero-order valence-corrected chi connectivity index (χ0v) is 12.3. The number of hydrogen-bond donors (Lipinski definition) is 1. The molecule has 0 fully saturated rings. The number of nitrogens with zero attached hydrogens (tertiary/aromatic N) is 1. The highest BCUT2D eigenvalue weighted by Gasteiger charge is 2.15. The first-order valence-corrected chi connectivity index (χ1v) is 6.64. The minimum atomic E-state index is -0.882. The Morgan fingerprint density at radius 1 is 1.20 bits per heavy atom. The topological polar surface area (TPSA) is 59.3 Å². The fourth-order valence-corrected chi connectivity index (χ4v) is 2.84. The van der Waals surface area contributed by atoms with Crippen molar-refractivity contribution in [3.63, 3.8) is 0 Å². The third-order valence-electron chi connectivity index (χ3n) is 3.90. The third kappa shape index (κ3) is 2.22. The average Bonchev–Trinajstić information content (AvgIpc) is 2.38. The number of carboxylic acids is 1. The maximum Gasteiger partial charge on any atom is 0.303 e. The first-order chi connectivity index (χ1) is 9.34. The van der Waals surface area contributed by atoms with Crippen LogP contribution in [0.15, 0.2) is 16.9 Å². The second kappa shape index (κ2) is 5.12. The van der Waals surface area contributed by atoms with Crippen LogP contribution in [0, 0.1) is 20.8 Å². The number of hydrogen-bond acceptors (Lipinski definition) is 2. The summed E-state index contributed by atoms with van der Waals surface area (Å²) in [6.07, 6.45) is 0.254. The Morgan fingerprint density at radius 2 is 1.80 bits per heavy atom. The summed E-state index contributed by atoms with van der Waals surface area (Å²) in [5.41, 5.74) is 4.52. The Labute approximate surface area is 117 Å². The molecule has 0 atom stereocenters. The van der Waals surface area contributed by atoms with Gasteiger partial charge in [-0.05, 0) is 43.9 Å². The number of rotatable bonds is 3. The van der Waals surface area contributed by atoms with E-state index in [1.165, 1.54) is 0 Å². The summed E-state index contributed by atoms with van der Waals surface area (Å²) in [5.74, 6) is -0.882. The number of carbonyl (C=O) groups is 1. The van der Waals surface area contributed by atoms with Gasteiger partial charge in [0.2, 0.25) is 0 Å². The lowest BCUT2D eigenvalue weighted by Gasteiger charge is -2.16. The van der Waals surface area contributed by atoms with Crippen molar-refractivity contribution in [1.29, 1.82) is 0 Å². The Kier molecular flexibility index (Phi) is 3.66. The lowest BCUT2D eigenvalue weighted by atomic mass is 9.96. The van der Waals surface area contributed by atoms with E-state index in [4.69, 9.17) is 5.11 Å². The van der Waals surface area contributed by atoms with Crippen molar-refractivity contribution in [3.8, 4) is 0 Å². The van der Waals surface area contributed by atoms with E-state index in [1.807, 2.05) is 32.9 Å². The van der Waals surface area contributed by atoms with Crippen LogP contribution in [0.1, 0.15) is 28.7 Å². The molecule has 0 radical (unpaired) electrons. The van der Waals surface area contributed by atoms with E-state index in [9.17, 15) is 9.59 Å². The average molecular weight is 273 g/mol. The molecular weight excluding hydrogens is 254 g/mol. The molecular formula is C16H19NO3. The van der Waals surface area contributed by atoms with Gasteiger partial charge >= 0.3 is 5.97 Å². The van der Waals surface area contributed by atoms with Crippen LogP contribution in [-0.2, 0) is 18.3 Å². The highest BCUT2D eigenvalue weighted by atomic mass is 16.4. The van der Waals surface area contributed by atoms with Crippen molar-refractivity contribution in [2.24, 2.45) is 7.05 Å². The molecule has 2 rings (SSSR count). The van der Waals surface area contributed by atoms with Gasteiger partial charge in [-0.15, -0.1) is 0 Å². The monoisotopic (exact) mass is 273 g/mol. The highest BCUT2D eigenvalue weighted by molar-refractivity contribution is 5.89. The van der Waals surface area contributed by atoms with Crippen LogP contribution in [-0.4, -0.2) is 15.6 Å². The van der Waals surface area contributed by atoms with Crippen molar-refractivity contribution >= 4 is 16.9 Å². The third-order valence-corrected chi connectivity index (χ3v) is 3.90. The second-order valence-corrected chi connectivity index (χ2v) is 5.28. The van der Waals surface area contributed by atoms with E-state index in [2.05, 4.69) is 0 Å². The summed E-state index contributed by atoms with van der Waals surface area (Å²) in [4.78, 5) is 23.2. The molecule has 0 bridgehead atoms. The maximum atomic E-state index is 12.4. The molecule has 0 amide bonds. The summed E-state index contributed by atoms with van der Waals surface area (Å²) >= 11 is 0. The van der Waals surface area contributed by atoms with Crippen LogP contribution < -0.4 is 5.56 Å². The number of benzene rings is 1. The van der Waals surface area contributed by atoms with E-state index in [0.29, 0.717) is 5.56 Å². The van der Waals surface area contributed by atoms with Crippen LogP contribution in [0.2, 0.25) is 0 Å². The molecule has 2 aromatic rings. The number of fused-ring (bicyclic) bond motifs is 1. The van der Waals surface area contributed by atoms with E-state index < -0.39 is 5.97 Å². The van der Waals surface area contributed by atoms with Crippen LogP contribution in [0.25, 0.3) is 10.9 Å². The zero-order chi connectivity index (χ0) is 15.0.